The van der Waals surface area contributed by atoms with Crippen LogP contribution in [0.4, 0.5) is 5.69 Å². The summed E-state index contributed by atoms with van der Waals surface area (Å²) >= 11 is 5.76. The van der Waals surface area contributed by atoms with Crippen LogP contribution < -0.4 is 11.5 Å². The number of carbonyl (C=O) groups is 2. The average Bonchev–Trinajstić information content (AvgIpc) is 2.28. The maximum Gasteiger partial charge on any atom is 0.254 e. The molecular weight excluding hydrogens is 242 g/mol. The van der Waals surface area contributed by atoms with Crippen molar-refractivity contribution in [3.63, 3.8) is 0 Å². The van der Waals surface area contributed by atoms with Crippen LogP contribution >= 0.6 is 11.6 Å². The largest absolute Gasteiger partial charge is 0.398 e. The monoisotopic (exact) mass is 255 g/mol. The Balaban J connectivity index is 2.93. The Hall–Kier alpha value is -1.75. The second kappa shape index (κ2) is 5.54. The molecule has 0 saturated carbocycles. The standard InChI is InChI=1S/C11H14ClN3O2/c1-2-15(6-10(14)16)11(17)7-3-4-8(12)9(13)5-7/h3-5H,2,6,13H2,1H3,(H2,14,16). The predicted molar refractivity (Wildman–Crippen MR) is 66.6 cm³/mol. The van der Waals surface area contributed by atoms with Gasteiger partial charge >= 0.3 is 0 Å². The van der Waals surface area contributed by atoms with Gasteiger partial charge in [-0.15, -0.1) is 0 Å². The summed E-state index contributed by atoms with van der Waals surface area (Å²) in [6, 6.07) is 4.58. The van der Waals surface area contributed by atoms with Crippen molar-refractivity contribution >= 4 is 29.1 Å². The Morgan fingerprint density at radius 1 is 1.41 bits per heavy atom. The molecule has 0 unspecified atom stereocenters. The van der Waals surface area contributed by atoms with Crippen molar-refractivity contribution in [2.45, 2.75) is 6.92 Å². The van der Waals surface area contributed by atoms with E-state index in [0.717, 1.165) is 0 Å². The number of amides is 2. The van der Waals surface area contributed by atoms with Crippen molar-refractivity contribution in [3.05, 3.63) is 28.8 Å². The van der Waals surface area contributed by atoms with Gasteiger partial charge in [0.1, 0.15) is 0 Å². The van der Waals surface area contributed by atoms with Gasteiger partial charge in [0, 0.05) is 12.1 Å². The maximum absolute atomic E-state index is 12.0. The normalized spacial score (nSPS) is 10.0. The first-order valence-electron chi connectivity index (χ1n) is 5.08. The van der Waals surface area contributed by atoms with Crippen molar-refractivity contribution in [2.24, 2.45) is 5.73 Å². The third kappa shape index (κ3) is 3.35. The van der Waals surface area contributed by atoms with Crippen LogP contribution in [-0.4, -0.2) is 29.8 Å². The minimum absolute atomic E-state index is 0.113. The summed E-state index contributed by atoms with van der Waals surface area (Å²) in [7, 11) is 0. The molecule has 0 aliphatic rings. The third-order valence-electron chi connectivity index (χ3n) is 2.26. The molecule has 2 amide bonds. The SMILES string of the molecule is CCN(CC(N)=O)C(=O)c1ccc(Cl)c(N)c1. The predicted octanol–water partition coefficient (Wildman–Crippen LogP) is 0.870. The van der Waals surface area contributed by atoms with Crippen molar-refractivity contribution in [1.29, 1.82) is 0 Å². The highest BCUT2D eigenvalue weighted by atomic mass is 35.5. The first-order valence-corrected chi connectivity index (χ1v) is 5.46. The van der Waals surface area contributed by atoms with Crippen LogP contribution in [0.15, 0.2) is 18.2 Å². The van der Waals surface area contributed by atoms with Gasteiger partial charge in [-0.05, 0) is 25.1 Å². The fourth-order valence-electron chi connectivity index (χ4n) is 1.37. The highest BCUT2D eigenvalue weighted by molar-refractivity contribution is 6.33. The number of hydrogen-bond donors (Lipinski definition) is 2. The van der Waals surface area contributed by atoms with Gasteiger partial charge in [-0.25, -0.2) is 0 Å². The molecule has 0 aliphatic carbocycles. The fraction of sp³-hybridized carbons (Fsp3) is 0.273. The van der Waals surface area contributed by atoms with Gasteiger partial charge in [-0.1, -0.05) is 11.6 Å². The maximum atomic E-state index is 12.0. The minimum atomic E-state index is -0.554. The molecule has 1 aromatic carbocycles. The van der Waals surface area contributed by atoms with E-state index in [1.54, 1.807) is 19.1 Å². The minimum Gasteiger partial charge on any atom is -0.398 e. The number of primary amides is 1. The number of nitrogen functional groups attached to an aromatic ring is 1. The summed E-state index contributed by atoms with van der Waals surface area (Å²) in [6.45, 7) is 2.04. The molecule has 0 bridgehead atoms. The molecule has 0 spiro atoms. The average molecular weight is 256 g/mol. The highest BCUT2D eigenvalue weighted by Gasteiger charge is 2.16. The quantitative estimate of drug-likeness (QED) is 0.783. The van der Waals surface area contributed by atoms with Gasteiger partial charge in [0.05, 0.1) is 17.3 Å². The molecule has 1 rings (SSSR count). The number of likely N-dealkylation sites (N-methyl/N-ethyl adjacent to an activating group) is 1. The topological polar surface area (TPSA) is 89.4 Å². The molecule has 0 saturated heterocycles. The van der Waals surface area contributed by atoms with Crippen LogP contribution in [0.2, 0.25) is 5.02 Å². The lowest BCUT2D eigenvalue weighted by Crippen LogP contribution is -2.38. The smallest absolute Gasteiger partial charge is 0.254 e. The molecule has 4 N–H and O–H groups in total. The summed E-state index contributed by atoms with van der Waals surface area (Å²) in [4.78, 5) is 24.1. The van der Waals surface area contributed by atoms with E-state index in [2.05, 4.69) is 0 Å². The van der Waals surface area contributed by atoms with Crippen LogP contribution in [-0.2, 0) is 4.79 Å². The Kier molecular flexibility index (Phi) is 4.34. The number of benzene rings is 1. The first-order chi connectivity index (χ1) is 7.95. The van der Waals surface area contributed by atoms with Gasteiger partial charge in [-0.2, -0.15) is 0 Å². The van der Waals surface area contributed by atoms with E-state index in [-0.39, 0.29) is 12.5 Å². The Bertz CT molecular complexity index is 448. The molecule has 0 heterocycles. The van der Waals surface area contributed by atoms with E-state index >= 15 is 0 Å². The molecule has 92 valence electrons. The molecule has 6 heteroatoms. The molecule has 0 aromatic heterocycles. The number of anilines is 1. The number of nitrogens with zero attached hydrogens (tertiary/aromatic N) is 1. The van der Waals surface area contributed by atoms with E-state index in [9.17, 15) is 9.59 Å². The lowest BCUT2D eigenvalue weighted by molar-refractivity contribution is -0.118. The first kappa shape index (κ1) is 13.3. The molecule has 0 radical (unpaired) electrons. The second-order valence-electron chi connectivity index (χ2n) is 3.52. The van der Waals surface area contributed by atoms with E-state index < -0.39 is 5.91 Å². The van der Waals surface area contributed by atoms with Crippen molar-refractivity contribution in [1.82, 2.24) is 4.90 Å². The zero-order chi connectivity index (χ0) is 13.0. The zero-order valence-electron chi connectivity index (χ0n) is 9.44. The lowest BCUT2D eigenvalue weighted by Gasteiger charge is -2.19. The van der Waals surface area contributed by atoms with E-state index in [1.807, 2.05) is 0 Å². The summed E-state index contributed by atoms with van der Waals surface area (Å²) in [6.07, 6.45) is 0. The highest BCUT2D eigenvalue weighted by Crippen LogP contribution is 2.20. The van der Waals surface area contributed by atoms with Gasteiger partial charge in [-0.3, -0.25) is 9.59 Å². The number of hydrogen-bond acceptors (Lipinski definition) is 3. The number of nitrogens with two attached hydrogens (primary N) is 2. The van der Waals surface area contributed by atoms with E-state index in [0.29, 0.717) is 22.8 Å². The summed E-state index contributed by atoms with van der Waals surface area (Å²) < 4.78 is 0. The molecule has 0 fully saturated rings. The van der Waals surface area contributed by atoms with Gasteiger partial charge in [0.25, 0.3) is 5.91 Å². The van der Waals surface area contributed by atoms with Crippen LogP contribution in [0, 0.1) is 0 Å². The van der Waals surface area contributed by atoms with Gasteiger partial charge in [0.2, 0.25) is 5.91 Å². The van der Waals surface area contributed by atoms with Crippen LogP contribution in [0.3, 0.4) is 0 Å². The van der Waals surface area contributed by atoms with Crippen LogP contribution in [0.25, 0.3) is 0 Å². The molecular formula is C11H14ClN3O2. The van der Waals surface area contributed by atoms with Crippen molar-refractivity contribution < 1.29 is 9.59 Å². The Morgan fingerprint density at radius 3 is 2.53 bits per heavy atom. The number of carbonyl (C=O) groups excluding carboxylic acids is 2. The van der Waals surface area contributed by atoms with Gasteiger partial charge in [0.15, 0.2) is 0 Å². The third-order valence-corrected chi connectivity index (χ3v) is 2.60. The molecule has 17 heavy (non-hydrogen) atoms. The van der Waals surface area contributed by atoms with E-state index in [4.69, 9.17) is 23.1 Å². The summed E-state index contributed by atoms with van der Waals surface area (Å²) in [5.74, 6) is -0.850. The van der Waals surface area contributed by atoms with Crippen molar-refractivity contribution in [2.75, 3.05) is 18.8 Å². The molecule has 0 atom stereocenters. The molecule has 5 nitrogen and oxygen atoms in total. The molecule has 0 aliphatic heterocycles. The number of rotatable bonds is 4. The van der Waals surface area contributed by atoms with Gasteiger partial charge < -0.3 is 16.4 Å². The fourth-order valence-corrected chi connectivity index (χ4v) is 1.49. The summed E-state index contributed by atoms with van der Waals surface area (Å²) in [5.41, 5.74) is 11.4. The summed E-state index contributed by atoms with van der Waals surface area (Å²) in [5, 5.41) is 0.388. The Morgan fingerprint density at radius 2 is 2.06 bits per heavy atom. The number of halogens is 1. The van der Waals surface area contributed by atoms with Crippen molar-refractivity contribution in [3.8, 4) is 0 Å². The van der Waals surface area contributed by atoms with E-state index in [1.165, 1.54) is 11.0 Å². The van der Waals surface area contributed by atoms with Crippen LogP contribution in [0.1, 0.15) is 17.3 Å². The Labute approximate surface area is 104 Å². The lowest BCUT2D eigenvalue weighted by atomic mass is 10.1. The second-order valence-corrected chi connectivity index (χ2v) is 3.93. The zero-order valence-corrected chi connectivity index (χ0v) is 10.2. The molecule has 1 aromatic rings. The van der Waals surface area contributed by atoms with Crippen LogP contribution in [0.5, 0.6) is 0 Å².